The van der Waals surface area contributed by atoms with Gasteiger partial charge < -0.3 is 15.1 Å². The molecule has 4 heteroatoms. The predicted molar refractivity (Wildman–Crippen MR) is 71.0 cm³/mol. The summed E-state index contributed by atoms with van der Waals surface area (Å²) in [6.07, 6.45) is 4.26. The average molecular weight is 241 g/mol. The SMILES string of the molecule is CN(C)CCNC(=O)CCC1CCN(C)CC1. The second-order valence-corrected chi connectivity index (χ2v) is 5.44. The molecule has 0 saturated carbocycles. The zero-order valence-corrected chi connectivity index (χ0v) is 11.5. The van der Waals surface area contributed by atoms with Gasteiger partial charge in [0.05, 0.1) is 0 Å². The van der Waals surface area contributed by atoms with Gasteiger partial charge in [0.2, 0.25) is 5.91 Å². The number of nitrogens with one attached hydrogen (secondary N) is 1. The van der Waals surface area contributed by atoms with Crippen molar-refractivity contribution in [3.63, 3.8) is 0 Å². The van der Waals surface area contributed by atoms with Crippen LogP contribution in [0.15, 0.2) is 0 Å². The molecule has 1 saturated heterocycles. The monoisotopic (exact) mass is 241 g/mol. The molecule has 1 heterocycles. The average Bonchev–Trinajstić information content (AvgIpc) is 2.28. The summed E-state index contributed by atoms with van der Waals surface area (Å²) in [5.74, 6) is 0.969. The summed E-state index contributed by atoms with van der Waals surface area (Å²) in [7, 11) is 6.21. The minimum absolute atomic E-state index is 0.214. The first-order valence-corrected chi connectivity index (χ1v) is 6.68. The Labute approximate surface area is 105 Å². The van der Waals surface area contributed by atoms with E-state index in [1.54, 1.807) is 0 Å². The predicted octanol–water partition coefficient (Wildman–Crippen LogP) is 0.786. The first-order valence-electron chi connectivity index (χ1n) is 6.68. The molecule has 0 bridgehead atoms. The minimum atomic E-state index is 0.214. The van der Waals surface area contributed by atoms with E-state index in [9.17, 15) is 4.79 Å². The molecule has 0 unspecified atom stereocenters. The van der Waals surface area contributed by atoms with E-state index in [4.69, 9.17) is 0 Å². The summed E-state index contributed by atoms with van der Waals surface area (Å²) in [4.78, 5) is 16.0. The van der Waals surface area contributed by atoms with Gasteiger partial charge in [-0.1, -0.05) is 0 Å². The highest BCUT2D eigenvalue weighted by Gasteiger charge is 2.17. The van der Waals surface area contributed by atoms with Gasteiger partial charge in [0.1, 0.15) is 0 Å². The van der Waals surface area contributed by atoms with Crippen LogP contribution in [0.5, 0.6) is 0 Å². The highest BCUT2D eigenvalue weighted by atomic mass is 16.1. The zero-order chi connectivity index (χ0) is 12.7. The number of carbonyl (C=O) groups is 1. The molecule has 0 aromatic rings. The number of piperidine rings is 1. The Hall–Kier alpha value is -0.610. The van der Waals surface area contributed by atoms with E-state index in [1.807, 2.05) is 14.1 Å². The van der Waals surface area contributed by atoms with Gasteiger partial charge in [-0.25, -0.2) is 0 Å². The summed E-state index contributed by atoms with van der Waals surface area (Å²) in [5.41, 5.74) is 0. The number of hydrogen-bond acceptors (Lipinski definition) is 3. The zero-order valence-electron chi connectivity index (χ0n) is 11.5. The van der Waals surface area contributed by atoms with Crippen LogP contribution < -0.4 is 5.32 Å². The van der Waals surface area contributed by atoms with Crippen LogP contribution in [0.25, 0.3) is 0 Å². The molecule has 1 amide bonds. The number of likely N-dealkylation sites (tertiary alicyclic amines) is 1. The number of likely N-dealkylation sites (N-methyl/N-ethyl adjacent to an activating group) is 1. The molecule has 0 aromatic carbocycles. The molecule has 0 radical (unpaired) electrons. The van der Waals surface area contributed by atoms with Gasteiger partial charge in [-0.3, -0.25) is 4.79 Å². The van der Waals surface area contributed by atoms with Crippen molar-refractivity contribution in [2.45, 2.75) is 25.7 Å². The molecule has 1 fully saturated rings. The summed E-state index contributed by atoms with van der Waals surface area (Å²) in [6.45, 7) is 4.05. The Kier molecular flexibility index (Phi) is 6.52. The molecule has 0 aliphatic carbocycles. The fraction of sp³-hybridized carbons (Fsp3) is 0.923. The van der Waals surface area contributed by atoms with E-state index in [2.05, 4.69) is 22.2 Å². The summed E-state index contributed by atoms with van der Waals surface area (Å²) in [5, 5.41) is 2.97. The third-order valence-corrected chi connectivity index (χ3v) is 3.50. The Morgan fingerprint density at radius 3 is 2.59 bits per heavy atom. The van der Waals surface area contributed by atoms with E-state index >= 15 is 0 Å². The smallest absolute Gasteiger partial charge is 0.220 e. The maximum Gasteiger partial charge on any atom is 0.220 e. The third kappa shape index (κ3) is 6.64. The van der Waals surface area contributed by atoms with E-state index in [0.29, 0.717) is 6.42 Å². The fourth-order valence-electron chi connectivity index (χ4n) is 2.19. The Morgan fingerprint density at radius 2 is 2.00 bits per heavy atom. The van der Waals surface area contributed by atoms with Crippen LogP contribution in [0.4, 0.5) is 0 Å². The molecule has 1 aliphatic heterocycles. The molecular formula is C13H27N3O. The largest absolute Gasteiger partial charge is 0.355 e. The lowest BCUT2D eigenvalue weighted by atomic mass is 9.92. The fourth-order valence-corrected chi connectivity index (χ4v) is 2.19. The van der Waals surface area contributed by atoms with E-state index in [1.165, 1.54) is 25.9 Å². The Morgan fingerprint density at radius 1 is 1.35 bits per heavy atom. The second-order valence-electron chi connectivity index (χ2n) is 5.44. The molecule has 1 aliphatic rings. The van der Waals surface area contributed by atoms with Gasteiger partial charge in [-0.05, 0) is 59.4 Å². The van der Waals surface area contributed by atoms with E-state index in [0.717, 1.165) is 25.4 Å². The van der Waals surface area contributed by atoms with Crippen molar-refractivity contribution in [3.8, 4) is 0 Å². The minimum Gasteiger partial charge on any atom is -0.355 e. The molecule has 1 rings (SSSR count). The Bertz CT molecular complexity index is 223. The quantitative estimate of drug-likeness (QED) is 0.747. The lowest BCUT2D eigenvalue weighted by molar-refractivity contribution is -0.121. The van der Waals surface area contributed by atoms with Crippen molar-refractivity contribution < 1.29 is 4.79 Å². The highest BCUT2D eigenvalue weighted by molar-refractivity contribution is 5.75. The molecule has 0 aromatic heterocycles. The topological polar surface area (TPSA) is 35.6 Å². The van der Waals surface area contributed by atoms with Crippen LogP contribution >= 0.6 is 0 Å². The maximum atomic E-state index is 11.6. The van der Waals surface area contributed by atoms with Gasteiger partial charge in [0.25, 0.3) is 0 Å². The number of rotatable bonds is 6. The first kappa shape index (κ1) is 14.5. The number of nitrogens with zero attached hydrogens (tertiary/aromatic N) is 2. The maximum absolute atomic E-state index is 11.6. The molecule has 1 N–H and O–H groups in total. The van der Waals surface area contributed by atoms with Crippen LogP contribution in [0.3, 0.4) is 0 Å². The summed E-state index contributed by atoms with van der Waals surface area (Å²) < 4.78 is 0. The van der Waals surface area contributed by atoms with Gasteiger partial charge in [-0.2, -0.15) is 0 Å². The van der Waals surface area contributed by atoms with Crippen molar-refractivity contribution in [1.82, 2.24) is 15.1 Å². The van der Waals surface area contributed by atoms with E-state index < -0.39 is 0 Å². The molecule has 100 valence electrons. The van der Waals surface area contributed by atoms with Gasteiger partial charge in [0, 0.05) is 19.5 Å². The molecule has 17 heavy (non-hydrogen) atoms. The van der Waals surface area contributed by atoms with Crippen molar-refractivity contribution >= 4 is 5.91 Å². The molecular weight excluding hydrogens is 214 g/mol. The lowest BCUT2D eigenvalue weighted by Gasteiger charge is -2.28. The summed E-state index contributed by atoms with van der Waals surface area (Å²) in [6, 6.07) is 0. The van der Waals surface area contributed by atoms with E-state index in [-0.39, 0.29) is 5.91 Å². The van der Waals surface area contributed by atoms with Crippen LogP contribution in [0, 0.1) is 5.92 Å². The molecule has 4 nitrogen and oxygen atoms in total. The van der Waals surface area contributed by atoms with Crippen molar-refractivity contribution in [3.05, 3.63) is 0 Å². The third-order valence-electron chi connectivity index (χ3n) is 3.50. The number of carbonyl (C=O) groups excluding carboxylic acids is 1. The van der Waals surface area contributed by atoms with Crippen molar-refractivity contribution in [1.29, 1.82) is 0 Å². The standard InChI is InChI=1S/C13H27N3O/c1-15(2)11-8-14-13(17)5-4-12-6-9-16(3)10-7-12/h12H,4-11H2,1-3H3,(H,14,17). The normalized spacial score (nSPS) is 18.6. The van der Waals surface area contributed by atoms with Crippen LogP contribution in [-0.2, 0) is 4.79 Å². The van der Waals surface area contributed by atoms with Crippen molar-refractivity contribution in [2.24, 2.45) is 5.92 Å². The number of hydrogen-bond donors (Lipinski definition) is 1. The molecule has 0 spiro atoms. The van der Waals surface area contributed by atoms with Crippen LogP contribution in [-0.4, -0.2) is 63.0 Å². The first-order chi connectivity index (χ1) is 8.08. The second kappa shape index (κ2) is 7.67. The Balaban J connectivity index is 2.03. The van der Waals surface area contributed by atoms with Crippen molar-refractivity contribution in [2.75, 3.05) is 47.3 Å². The number of amides is 1. The molecule has 0 atom stereocenters. The van der Waals surface area contributed by atoms with Gasteiger partial charge in [-0.15, -0.1) is 0 Å². The summed E-state index contributed by atoms with van der Waals surface area (Å²) >= 11 is 0. The van der Waals surface area contributed by atoms with Crippen LogP contribution in [0.1, 0.15) is 25.7 Å². The highest BCUT2D eigenvalue weighted by Crippen LogP contribution is 2.20. The van der Waals surface area contributed by atoms with Crippen LogP contribution in [0.2, 0.25) is 0 Å². The lowest BCUT2D eigenvalue weighted by Crippen LogP contribution is -2.33. The van der Waals surface area contributed by atoms with Gasteiger partial charge in [0.15, 0.2) is 0 Å². The van der Waals surface area contributed by atoms with Gasteiger partial charge >= 0.3 is 0 Å².